The average molecular weight is 409 g/mol. The Morgan fingerprint density at radius 2 is 2.29 bits per heavy atom. The summed E-state index contributed by atoms with van der Waals surface area (Å²) in [6.07, 6.45) is 3.31. The molecule has 2 aromatic rings. The maximum atomic E-state index is 12.6. The number of pyridine rings is 1. The van der Waals surface area contributed by atoms with Gasteiger partial charge in [0.25, 0.3) is 0 Å². The van der Waals surface area contributed by atoms with Gasteiger partial charge < -0.3 is 0 Å². The second-order valence-electron chi connectivity index (χ2n) is 5.42. The van der Waals surface area contributed by atoms with Gasteiger partial charge in [-0.2, -0.15) is 0 Å². The predicted octanol–water partition coefficient (Wildman–Crippen LogP) is 3.02. The van der Waals surface area contributed by atoms with Crippen LogP contribution in [0.25, 0.3) is 0 Å². The number of halogens is 1. The lowest BCUT2D eigenvalue weighted by molar-refractivity contribution is -0.118. The molecular weight excluding hydrogens is 392 g/mol. The second-order valence-corrected chi connectivity index (χ2v) is 7.17. The van der Waals surface area contributed by atoms with Crippen molar-refractivity contribution in [3.8, 4) is 0 Å². The Balaban J connectivity index is 1.70. The van der Waals surface area contributed by atoms with Gasteiger partial charge in [0.15, 0.2) is 5.13 Å². The lowest BCUT2D eigenvalue weighted by Gasteiger charge is -2.19. The van der Waals surface area contributed by atoms with Gasteiger partial charge in [0.05, 0.1) is 12.1 Å². The lowest BCUT2D eigenvalue weighted by Crippen LogP contribution is -2.32. The van der Waals surface area contributed by atoms with Crippen molar-refractivity contribution in [2.75, 3.05) is 22.9 Å². The molecule has 8 heteroatoms. The molecule has 0 N–H and O–H groups in total. The van der Waals surface area contributed by atoms with Gasteiger partial charge >= 0.3 is 0 Å². The summed E-state index contributed by atoms with van der Waals surface area (Å²) in [4.78, 5) is 36.4. The van der Waals surface area contributed by atoms with Crippen molar-refractivity contribution in [1.29, 1.82) is 0 Å². The molecule has 0 saturated carbocycles. The van der Waals surface area contributed by atoms with Crippen LogP contribution in [0.4, 0.5) is 10.9 Å². The molecule has 3 heterocycles. The first kappa shape index (κ1) is 17.0. The van der Waals surface area contributed by atoms with Crippen LogP contribution in [0.3, 0.4) is 0 Å². The first-order chi connectivity index (χ1) is 11.6. The first-order valence-electron chi connectivity index (χ1n) is 7.75. The molecule has 1 aliphatic heterocycles. The molecule has 0 spiro atoms. The molecule has 1 aliphatic rings. The Kier molecular flexibility index (Phi) is 5.25. The van der Waals surface area contributed by atoms with Crippen molar-refractivity contribution >= 4 is 50.0 Å². The molecule has 6 nitrogen and oxygen atoms in total. The zero-order chi connectivity index (χ0) is 17.1. The van der Waals surface area contributed by atoms with Gasteiger partial charge in [0.1, 0.15) is 5.82 Å². The minimum absolute atomic E-state index is 0.0584. The van der Waals surface area contributed by atoms with Crippen LogP contribution in [0, 0.1) is 0 Å². The fourth-order valence-electron chi connectivity index (χ4n) is 2.60. The van der Waals surface area contributed by atoms with Gasteiger partial charge in [0.2, 0.25) is 11.8 Å². The van der Waals surface area contributed by atoms with Gasteiger partial charge in [0, 0.05) is 35.6 Å². The van der Waals surface area contributed by atoms with E-state index in [1.807, 2.05) is 18.4 Å². The van der Waals surface area contributed by atoms with E-state index in [0.29, 0.717) is 36.2 Å². The minimum Gasteiger partial charge on any atom is -0.297 e. The zero-order valence-electron chi connectivity index (χ0n) is 13.2. The fraction of sp³-hybridized carbons (Fsp3) is 0.375. The van der Waals surface area contributed by atoms with Gasteiger partial charge in [-0.3, -0.25) is 19.4 Å². The van der Waals surface area contributed by atoms with Crippen LogP contribution in [0.15, 0.2) is 28.2 Å². The molecule has 0 aliphatic carbocycles. The topological polar surface area (TPSA) is 66.4 Å². The number of hydrogen-bond acceptors (Lipinski definition) is 5. The Hall–Kier alpha value is -1.80. The van der Waals surface area contributed by atoms with E-state index in [0.717, 1.165) is 10.9 Å². The van der Waals surface area contributed by atoms with Crippen LogP contribution in [-0.2, 0) is 16.0 Å². The number of carbonyl (C=O) groups excluding carboxylic acids is 2. The normalized spacial score (nSPS) is 14.2. The van der Waals surface area contributed by atoms with Crippen LogP contribution in [-0.4, -0.2) is 34.9 Å². The lowest BCUT2D eigenvalue weighted by atomic mass is 10.3. The van der Waals surface area contributed by atoms with Gasteiger partial charge in [-0.15, -0.1) is 11.3 Å². The number of hydrogen-bond donors (Lipinski definition) is 0. The molecule has 2 aromatic heterocycles. The standard InChI is InChI=1S/C16H17BrN4O2S/c1-2-20(13-6-5-11(17)9-18-13)15(23)8-12-10-24-16(19-12)21-7-3-4-14(21)22/h5-6,9-10H,2-4,7-8H2,1H3. The number of carbonyl (C=O) groups is 2. The summed E-state index contributed by atoms with van der Waals surface area (Å²) >= 11 is 4.75. The highest BCUT2D eigenvalue weighted by molar-refractivity contribution is 9.10. The fourth-order valence-corrected chi connectivity index (χ4v) is 3.70. The Bertz CT molecular complexity index is 747. The number of anilines is 2. The Morgan fingerprint density at radius 3 is 2.92 bits per heavy atom. The number of aromatic nitrogens is 2. The van der Waals surface area contributed by atoms with E-state index in [2.05, 4.69) is 25.9 Å². The summed E-state index contributed by atoms with van der Waals surface area (Å²) in [5.74, 6) is 0.671. The van der Waals surface area contributed by atoms with E-state index in [1.54, 1.807) is 22.1 Å². The Morgan fingerprint density at radius 1 is 1.46 bits per heavy atom. The molecule has 24 heavy (non-hydrogen) atoms. The van der Waals surface area contributed by atoms with Crippen LogP contribution in [0.2, 0.25) is 0 Å². The van der Waals surface area contributed by atoms with Crippen molar-refractivity contribution < 1.29 is 9.59 Å². The molecule has 1 fully saturated rings. The second kappa shape index (κ2) is 7.40. The summed E-state index contributed by atoms with van der Waals surface area (Å²) in [5, 5.41) is 2.53. The molecule has 0 aromatic carbocycles. The van der Waals surface area contributed by atoms with E-state index in [-0.39, 0.29) is 18.2 Å². The van der Waals surface area contributed by atoms with Crippen molar-refractivity contribution in [1.82, 2.24) is 9.97 Å². The van der Waals surface area contributed by atoms with Crippen LogP contribution in [0.1, 0.15) is 25.5 Å². The summed E-state index contributed by atoms with van der Waals surface area (Å²) in [7, 11) is 0. The third kappa shape index (κ3) is 3.64. The number of amides is 2. The first-order valence-corrected chi connectivity index (χ1v) is 9.42. The molecule has 0 bridgehead atoms. The molecule has 0 atom stereocenters. The summed E-state index contributed by atoms with van der Waals surface area (Å²) in [6.45, 7) is 3.16. The highest BCUT2D eigenvalue weighted by Crippen LogP contribution is 2.26. The molecule has 126 valence electrons. The molecule has 1 saturated heterocycles. The summed E-state index contributed by atoms with van der Waals surface area (Å²) < 4.78 is 0.870. The maximum Gasteiger partial charge on any atom is 0.234 e. The monoisotopic (exact) mass is 408 g/mol. The van der Waals surface area contributed by atoms with Crippen LogP contribution >= 0.6 is 27.3 Å². The van der Waals surface area contributed by atoms with E-state index >= 15 is 0 Å². The summed E-state index contributed by atoms with van der Waals surface area (Å²) in [6, 6.07) is 3.67. The number of nitrogens with zero attached hydrogens (tertiary/aromatic N) is 4. The van der Waals surface area contributed by atoms with Crippen molar-refractivity contribution in [3.05, 3.63) is 33.9 Å². The number of likely N-dealkylation sites (N-methyl/N-ethyl adjacent to an activating group) is 1. The van der Waals surface area contributed by atoms with Crippen LogP contribution < -0.4 is 9.80 Å². The smallest absolute Gasteiger partial charge is 0.234 e. The minimum atomic E-state index is -0.0584. The maximum absolute atomic E-state index is 12.6. The van der Waals surface area contributed by atoms with Gasteiger partial charge in [-0.05, 0) is 41.4 Å². The van der Waals surface area contributed by atoms with E-state index in [9.17, 15) is 9.59 Å². The van der Waals surface area contributed by atoms with Crippen molar-refractivity contribution in [3.63, 3.8) is 0 Å². The van der Waals surface area contributed by atoms with Gasteiger partial charge in [-0.1, -0.05) is 0 Å². The Labute approximate surface area is 152 Å². The molecule has 3 rings (SSSR count). The molecule has 2 amide bonds. The third-order valence-corrected chi connectivity index (χ3v) is 5.16. The van der Waals surface area contributed by atoms with E-state index in [4.69, 9.17) is 0 Å². The number of rotatable bonds is 5. The van der Waals surface area contributed by atoms with E-state index < -0.39 is 0 Å². The largest absolute Gasteiger partial charge is 0.297 e. The number of thiazole rings is 1. The van der Waals surface area contributed by atoms with Crippen molar-refractivity contribution in [2.45, 2.75) is 26.2 Å². The molecule has 0 radical (unpaired) electrons. The predicted molar refractivity (Wildman–Crippen MR) is 97.4 cm³/mol. The quantitative estimate of drug-likeness (QED) is 0.762. The summed E-state index contributed by atoms with van der Waals surface area (Å²) in [5.41, 5.74) is 0.690. The highest BCUT2D eigenvalue weighted by Gasteiger charge is 2.25. The SMILES string of the molecule is CCN(C(=O)Cc1csc(N2CCCC2=O)n1)c1ccc(Br)cn1. The molecule has 0 unspecified atom stereocenters. The van der Waals surface area contributed by atoms with E-state index in [1.165, 1.54) is 11.3 Å². The molecular formula is C16H17BrN4O2S. The third-order valence-electron chi connectivity index (χ3n) is 3.78. The van der Waals surface area contributed by atoms with Crippen molar-refractivity contribution in [2.24, 2.45) is 0 Å². The van der Waals surface area contributed by atoms with Gasteiger partial charge in [-0.25, -0.2) is 9.97 Å². The highest BCUT2D eigenvalue weighted by atomic mass is 79.9. The average Bonchev–Trinajstić information content (AvgIpc) is 3.18. The van der Waals surface area contributed by atoms with Crippen LogP contribution in [0.5, 0.6) is 0 Å². The zero-order valence-corrected chi connectivity index (χ0v) is 15.6.